The van der Waals surface area contributed by atoms with E-state index in [-0.39, 0.29) is 11.8 Å². The predicted octanol–water partition coefficient (Wildman–Crippen LogP) is 2.54. The summed E-state index contributed by atoms with van der Waals surface area (Å²) in [5.41, 5.74) is 1.11. The SMILES string of the molecule is CC(C)C(=O)NCc1nc(C(C)C)cs1. The first-order chi connectivity index (χ1) is 7.00. The molecular weight excluding hydrogens is 208 g/mol. The fourth-order valence-corrected chi connectivity index (χ4v) is 1.93. The number of aromatic nitrogens is 1. The Bertz CT molecular complexity index is 331. The zero-order valence-electron chi connectivity index (χ0n) is 9.70. The Morgan fingerprint density at radius 1 is 1.47 bits per heavy atom. The predicted molar refractivity (Wildman–Crippen MR) is 62.9 cm³/mol. The monoisotopic (exact) mass is 226 g/mol. The summed E-state index contributed by atoms with van der Waals surface area (Å²) in [7, 11) is 0. The number of carbonyl (C=O) groups is 1. The fourth-order valence-electron chi connectivity index (χ4n) is 1.04. The lowest BCUT2D eigenvalue weighted by atomic mass is 10.2. The van der Waals surface area contributed by atoms with Crippen molar-refractivity contribution in [1.29, 1.82) is 0 Å². The molecule has 0 bridgehead atoms. The van der Waals surface area contributed by atoms with Crippen LogP contribution in [0.3, 0.4) is 0 Å². The van der Waals surface area contributed by atoms with Crippen LogP contribution in [0.2, 0.25) is 0 Å². The van der Waals surface area contributed by atoms with Crippen molar-refractivity contribution in [3.63, 3.8) is 0 Å². The molecule has 84 valence electrons. The van der Waals surface area contributed by atoms with Gasteiger partial charge in [-0.1, -0.05) is 27.7 Å². The smallest absolute Gasteiger partial charge is 0.222 e. The van der Waals surface area contributed by atoms with Gasteiger partial charge >= 0.3 is 0 Å². The normalized spacial score (nSPS) is 11.1. The summed E-state index contributed by atoms with van der Waals surface area (Å²) < 4.78 is 0. The Hall–Kier alpha value is -0.900. The van der Waals surface area contributed by atoms with Crippen LogP contribution < -0.4 is 5.32 Å². The van der Waals surface area contributed by atoms with Gasteiger partial charge in [0.2, 0.25) is 5.91 Å². The molecular formula is C11H18N2OS. The van der Waals surface area contributed by atoms with Crippen LogP contribution in [0, 0.1) is 5.92 Å². The number of thiazole rings is 1. The first-order valence-corrected chi connectivity index (χ1v) is 6.10. The van der Waals surface area contributed by atoms with Crippen molar-refractivity contribution in [1.82, 2.24) is 10.3 Å². The number of nitrogens with zero attached hydrogens (tertiary/aromatic N) is 1. The van der Waals surface area contributed by atoms with E-state index in [0.717, 1.165) is 10.7 Å². The molecule has 0 aromatic carbocycles. The highest BCUT2D eigenvalue weighted by molar-refractivity contribution is 7.09. The van der Waals surface area contributed by atoms with Gasteiger partial charge in [0.25, 0.3) is 0 Å². The van der Waals surface area contributed by atoms with Gasteiger partial charge in [0.1, 0.15) is 5.01 Å². The third-order valence-corrected chi connectivity index (χ3v) is 2.97. The van der Waals surface area contributed by atoms with E-state index < -0.39 is 0 Å². The zero-order valence-corrected chi connectivity index (χ0v) is 10.5. The summed E-state index contributed by atoms with van der Waals surface area (Å²) in [6.45, 7) is 8.55. The Labute approximate surface area is 94.9 Å². The molecule has 0 unspecified atom stereocenters. The maximum absolute atomic E-state index is 11.3. The third-order valence-electron chi connectivity index (χ3n) is 2.10. The molecule has 0 fully saturated rings. The lowest BCUT2D eigenvalue weighted by Crippen LogP contribution is -2.27. The maximum atomic E-state index is 11.3. The van der Waals surface area contributed by atoms with Crippen molar-refractivity contribution in [3.8, 4) is 0 Å². The molecule has 1 heterocycles. The van der Waals surface area contributed by atoms with Gasteiger partial charge in [0.15, 0.2) is 0 Å². The second-order valence-electron chi connectivity index (χ2n) is 4.19. The van der Waals surface area contributed by atoms with Crippen LogP contribution in [0.5, 0.6) is 0 Å². The van der Waals surface area contributed by atoms with Crippen molar-refractivity contribution in [2.45, 2.75) is 40.2 Å². The Balaban J connectivity index is 2.48. The molecule has 4 heteroatoms. The summed E-state index contributed by atoms with van der Waals surface area (Å²) in [5.74, 6) is 0.571. The maximum Gasteiger partial charge on any atom is 0.222 e. The largest absolute Gasteiger partial charge is 0.349 e. The number of nitrogens with one attached hydrogen (secondary N) is 1. The molecule has 3 nitrogen and oxygen atoms in total. The minimum absolute atomic E-state index is 0.0366. The Kier molecular flexibility index (Phi) is 4.27. The second-order valence-corrected chi connectivity index (χ2v) is 5.14. The van der Waals surface area contributed by atoms with E-state index in [2.05, 4.69) is 29.5 Å². The molecule has 1 aromatic heterocycles. The third kappa shape index (κ3) is 3.63. The minimum Gasteiger partial charge on any atom is -0.349 e. The van der Waals surface area contributed by atoms with Crippen LogP contribution in [0.25, 0.3) is 0 Å². The van der Waals surface area contributed by atoms with Gasteiger partial charge in [-0.15, -0.1) is 11.3 Å². The van der Waals surface area contributed by atoms with Crippen molar-refractivity contribution >= 4 is 17.2 Å². The highest BCUT2D eigenvalue weighted by atomic mass is 32.1. The molecule has 0 saturated heterocycles. The van der Waals surface area contributed by atoms with Gasteiger partial charge in [-0.05, 0) is 5.92 Å². The average Bonchev–Trinajstić information content (AvgIpc) is 2.62. The first kappa shape index (κ1) is 12.2. The summed E-state index contributed by atoms with van der Waals surface area (Å²) in [5, 5.41) is 5.90. The van der Waals surface area contributed by atoms with Crippen LogP contribution in [0.1, 0.15) is 44.3 Å². The molecule has 1 rings (SSSR count). The van der Waals surface area contributed by atoms with E-state index in [1.54, 1.807) is 11.3 Å². The molecule has 0 radical (unpaired) electrons. The fraction of sp³-hybridized carbons (Fsp3) is 0.636. The van der Waals surface area contributed by atoms with Crippen molar-refractivity contribution in [2.75, 3.05) is 0 Å². The second kappa shape index (κ2) is 5.26. The molecule has 0 aliphatic heterocycles. The lowest BCUT2D eigenvalue weighted by molar-refractivity contribution is -0.124. The topological polar surface area (TPSA) is 42.0 Å². The van der Waals surface area contributed by atoms with Crippen LogP contribution in [-0.2, 0) is 11.3 Å². The summed E-state index contributed by atoms with van der Waals surface area (Å²) in [4.78, 5) is 15.8. The van der Waals surface area contributed by atoms with Gasteiger partial charge in [-0.2, -0.15) is 0 Å². The summed E-state index contributed by atoms with van der Waals surface area (Å²) >= 11 is 1.61. The molecule has 15 heavy (non-hydrogen) atoms. The first-order valence-electron chi connectivity index (χ1n) is 5.22. The van der Waals surface area contributed by atoms with Gasteiger partial charge < -0.3 is 5.32 Å². The van der Waals surface area contributed by atoms with Gasteiger partial charge in [0, 0.05) is 11.3 Å². The molecule has 0 saturated carbocycles. The zero-order chi connectivity index (χ0) is 11.4. The van der Waals surface area contributed by atoms with E-state index in [1.807, 2.05) is 13.8 Å². The van der Waals surface area contributed by atoms with Crippen LogP contribution in [0.4, 0.5) is 0 Å². The number of hydrogen-bond donors (Lipinski definition) is 1. The van der Waals surface area contributed by atoms with Crippen molar-refractivity contribution in [3.05, 3.63) is 16.1 Å². The number of amides is 1. The van der Waals surface area contributed by atoms with Gasteiger partial charge in [-0.3, -0.25) is 4.79 Å². The van der Waals surface area contributed by atoms with Gasteiger partial charge in [0.05, 0.1) is 12.2 Å². The van der Waals surface area contributed by atoms with Crippen molar-refractivity contribution < 1.29 is 4.79 Å². The van der Waals surface area contributed by atoms with E-state index >= 15 is 0 Å². The average molecular weight is 226 g/mol. The number of carbonyl (C=O) groups excluding carboxylic acids is 1. The molecule has 1 amide bonds. The van der Waals surface area contributed by atoms with E-state index in [4.69, 9.17) is 0 Å². The highest BCUT2D eigenvalue weighted by Gasteiger charge is 2.09. The lowest BCUT2D eigenvalue weighted by Gasteiger charge is -2.05. The standard InChI is InChI=1S/C11H18N2OS/c1-7(2)9-6-15-10(13-9)5-12-11(14)8(3)4/h6-8H,5H2,1-4H3,(H,12,14). The highest BCUT2D eigenvalue weighted by Crippen LogP contribution is 2.17. The molecule has 0 aliphatic carbocycles. The van der Waals surface area contributed by atoms with E-state index in [0.29, 0.717) is 12.5 Å². The molecule has 0 aliphatic rings. The Morgan fingerprint density at radius 2 is 2.13 bits per heavy atom. The molecule has 1 aromatic rings. The van der Waals surface area contributed by atoms with Crippen LogP contribution >= 0.6 is 11.3 Å². The summed E-state index contributed by atoms with van der Waals surface area (Å²) in [6, 6.07) is 0. The quantitative estimate of drug-likeness (QED) is 0.857. The summed E-state index contributed by atoms with van der Waals surface area (Å²) in [6.07, 6.45) is 0. The molecule has 0 spiro atoms. The van der Waals surface area contributed by atoms with E-state index in [1.165, 1.54) is 0 Å². The van der Waals surface area contributed by atoms with Crippen LogP contribution in [-0.4, -0.2) is 10.9 Å². The number of rotatable bonds is 4. The molecule has 0 atom stereocenters. The van der Waals surface area contributed by atoms with Crippen LogP contribution in [0.15, 0.2) is 5.38 Å². The van der Waals surface area contributed by atoms with Gasteiger partial charge in [-0.25, -0.2) is 4.98 Å². The molecule has 1 N–H and O–H groups in total. The van der Waals surface area contributed by atoms with E-state index in [9.17, 15) is 4.79 Å². The van der Waals surface area contributed by atoms with Crippen molar-refractivity contribution in [2.24, 2.45) is 5.92 Å². The Morgan fingerprint density at radius 3 is 2.60 bits per heavy atom. The minimum atomic E-state index is 0.0366. The number of hydrogen-bond acceptors (Lipinski definition) is 3.